The molecule has 1 aromatic heterocycles. The van der Waals surface area contributed by atoms with Crippen LogP contribution in [0.15, 0.2) is 72.8 Å². The van der Waals surface area contributed by atoms with Gasteiger partial charge in [0, 0.05) is 39.7 Å². The lowest BCUT2D eigenvalue weighted by molar-refractivity contribution is 0.164. The summed E-state index contributed by atoms with van der Waals surface area (Å²) in [4.78, 5) is 6.31. The molecular formula is C26H24Cl2N2. The van der Waals surface area contributed by atoms with Crippen LogP contribution in [0.5, 0.6) is 0 Å². The summed E-state index contributed by atoms with van der Waals surface area (Å²) in [7, 11) is 0. The van der Waals surface area contributed by atoms with Crippen molar-refractivity contribution < 1.29 is 0 Å². The van der Waals surface area contributed by atoms with Crippen molar-refractivity contribution in [3.05, 3.63) is 105 Å². The van der Waals surface area contributed by atoms with Gasteiger partial charge in [-0.3, -0.25) is 4.90 Å². The largest absolute Gasteiger partial charge is 0.357 e. The summed E-state index contributed by atoms with van der Waals surface area (Å²) < 4.78 is 0. The van der Waals surface area contributed by atoms with Gasteiger partial charge in [-0.05, 0) is 54.2 Å². The van der Waals surface area contributed by atoms with E-state index < -0.39 is 0 Å². The van der Waals surface area contributed by atoms with Crippen molar-refractivity contribution in [2.45, 2.75) is 31.8 Å². The second kappa shape index (κ2) is 8.47. The van der Waals surface area contributed by atoms with Crippen molar-refractivity contribution in [3.8, 4) is 0 Å². The minimum Gasteiger partial charge on any atom is -0.357 e. The van der Waals surface area contributed by atoms with E-state index in [4.69, 9.17) is 23.2 Å². The van der Waals surface area contributed by atoms with E-state index in [1.54, 1.807) is 0 Å². The first-order valence-corrected chi connectivity index (χ1v) is 11.3. The van der Waals surface area contributed by atoms with Gasteiger partial charge in [-0.1, -0.05) is 77.8 Å². The number of aromatic nitrogens is 1. The Bertz CT molecular complexity index is 1180. The van der Waals surface area contributed by atoms with Gasteiger partial charge in [-0.2, -0.15) is 0 Å². The lowest BCUT2D eigenvalue weighted by atomic mass is 9.92. The van der Waals surface area contributed by atoms with E-state index in [0.717, 1.165) is 42.4 Å². The summed E-state index contributed by atoms with van der Waals surface area (Å²) >= 11 is 13.0. The van der Waals surface area contributed by atoms with Crippen LogP contribution in [0.25, 0.3) is 10.9 Å². The highest BCUT2D eigenvalue weighted by Crippen LogP contribution is 2.38. The maximum atomic E-state index is 6.50. The smallest absolute Gasteiger partial charge is 0.0508 e. The number of hydrogen-bond donors (Lipinski definition) is 1. The first-order valence-electron chi connectivity index (χ1n) is 10.5. The molecule has 0 radical (unpaired) electrons. The molecule has 2 nitrogen and oxygen atoms in total. The third kappa shape index (κ3) is 3.76. The fourth-order valence-corrected chi connectivity index (χ4v) is 5.15. The molecule has 0 saturated carbocycles. The summed E-state index contributed by atoms with van der Waals surface area (Å²) in [5.41, 5.74) is 6.43. The fourth-order valence-electron chi connectivity index (χ4n) is 4.72. The van der Waals surface area contributed by atoms with Crippen LogP contribution < -0.4 is 0 Å². The number of H-pyrrole nitrogens is 1. The van der Waals surface area contributed by atoms with Gasteiger partial charge in [0.05, 0.1) is 6.04 Å². The molecule has 1 aliphatic heterocycles. The van der Waals surface area contributed by atoms with E-state index in [-0.39, 0.29) is 0 Å². The zero-order chi connectivity index (χ0) is 20.5. The molecule has 4 aromatic rings. The van der Waals surface area contributed by atoms with E-state index >= 15 is 0 Å². The Morgan fingerprint density at radius 2 is 1.50 bits per heavy atom. The summed E-state index contributed by atoms with van der Waals surface area (Å²) in [6, 6.07) is 25.3. The molecular weight excluding hydrogens is 411 g/mol. The molecule has 0 fully saturated rings. The Morgan fingerprint density at radius 3 is 2.27 bits per heavy atom. The van der Waals surface area contributed by atoms with Crippen LogP contribution in [-0.2, 0) is 19.4 Å². The van der Waals surface area contributed by atoms with Crippen molar-refractivity contribution in [3.63, 3.8) is 0 Å². The summed E-state index contributed by atoms with van der Waals surface area (Å²) in [6.07, 6.45) is 3.00. The van der Waals surface area contributed by atoms with Gasteiger partial charge in [0.15, 0.2) is 0 Å². The fraction of sp³-hybridized carbons (Fsp3) is 0.231. The molecule has 1 N–H and O–H groups in total. The highest BCUT2D eigenvalue weighted by molar-refractivity contribution is 6.31. The van der Waals surface area contributed by atoms with Crippen LogP contribution in [0.1, 0.15) is 34.8 Å². The molecule has 0 amide bonds. The van der Waals surface area contributed by atoms with Gasteiger partial charge in [-0.15, -0.1) is 0 Å². The number of nitrogens with zero attached hydrogens (tertiary/aromatic N) is 1. The number of fused-ring (bicyclic) bond motifs is 3. The van der Waals surface area contributed by atoms with Crippen molar-refractivity contribution >= 4 is 34.1 Å². The van der Waals surface area contributed by atoms with Crippen LogP contribution in [0.4, 0.5) is 0 Å². The second-order valence-electron chi connectivity index (χ2n) is 8.02. The minimum absolute atomic E-state index is 0.300. The molecule has 0 aliphatic carbocycles. The van der Waals surface area contributed by atoms with E-state index in [0.29, 0.717) is 6.04 Å². The lowest BCUT2D eigenvalue weighted by Crippen LogP contribution is -2.35. The molecule has 30 heavy (non-hydrogen) atoms. The van der Waals surface area contributed by atoms with Gasteiger partial charge in [-0.25, -0.2) is 0 Å². The maximum Gasteiger partial charge on any atom is 0.0508 e. The normalized spacial score (nSPS) is 16.7. The highest BCUT2D eigenvalue weighted by atomic mass is 35.5. The van der Waals surface area contributed by atoms with Crippen LogP contribution in [-0.4, -0.2) is 16.4 Å². The molecule has 152 valence electrons. The standard InChI is InChI=1S/C26H24Cl2N2/c27-22-10-4-1-7-18(22)13-14-25-26-21(20-9-3-6-12-24(20)29-26)15-16-30(25)17-19-8-2-5-11-23(19)28/h1-12,25,29H,13-17H2. The second-order valence-corrected chi connectivity index (χ2v) is 8.83. The summed E-state index contributed by atoms with van der Waals surface area (Å²) in [5.74, 6) is 0. The highest BCUT2D eigenvalue weighted by Gasteiger charge is 2.30. The topological polar surface area (TPSA) is 19.0 Å². The van der Waals surface area contributed by atoms with Gasteiger partial charge >= 0.3 is 0 Å². The summed E-state index contributed by atoms with van der Waals surface area (Å²) in [6.45, 7) is 1.87. The quantitative estimate of drug-likeness (QED) is 0.351. The molecule has 0 spiro atoms. The first kappa shape index (κ1) is 19.7. The number of aromatic amines is 1. The Kier molecular flexibility index (Phi) is 5.56. The molecule has 3 aromatic carbocycles. The number of aryl methyl sites for hydroxylation is 1. The van der Waals surface area contributed by atoms with Crippen LogP contribution in [0.3, 0.4) is 0 Å². The third-order valence-corrected chi connectivity index (χ3v) is 6.98. The predicted molar refractivity (Wildman–Crippen MR) is 126 cm³/mol. The number of hydrogen-bond acceptors (Lipinski definition) is 1. The minimum atomic E-state index is 0.300. The average molecular weight is 435 g/mol. The van der Waals surface area contributed by atoms with Crippen LogP contribution in [0, 0.1) is 0 Å². The first-order chi connectivity index (χ1) is 14.7. The number of halogens is 2. The van der Waals surface area contributed by atoms with Crippen LogP contribution in [0.2, 0.25) is 10.0 Å². The van der Waals surface area contributed by atoms with Gasteiger partial charge < -0.3 is 4.98 Å². The zero-order valence-electron chi connectivity index (χ0n) is 16.7. The van der Waals surface area contributed by atoms with Crippen LogP contribution >= 0.6 is 23.2 Å². The van der Waals surface area contributed by atoms with Crippen molar-refractivity contribution in [2.24, 2.45) is 0 Å². The maximum absolute atomic E-state index is 6.50. The molecule has 1 atom stereocenters. The Hall–Kier alpha value is -2.26. The lowest BCUT2D eigenvalue weighted by Gasteiger charge is -2.36. The molecule has 5 rings (SSSR count). The Morgan fingerprint density at radius 1 is 0.833 bits per heavy atom. The predicted octanol–water partition coefficient (Wildman–Crippen LogP) is 7.21. The Labute approximate surface area is 187 Å². The number of para-hydroxylation sites is 1. The van der Waals surface area contributed by atoms with E-state index in [1.807, 2.05) is 24.3 Å². The van der Waals surface area contributed by atoms with Crippen molar-refractivity contribution in [2.75, 3.05) is 6.54 Å². The monoisotopic (exact) mass is 434 g/mol. The molecule has 1 aliphatic rings. The molecule has 1 unspecified atom stereocenters. The zero-order valence-corrected chi connectivity index (χ0v) is 18.3. The number of benzene rings is 3. The van der Waals surface area contributed by atoms with Gasteiger partial charge in [0.25, 0.3) is 0 Å². The van der Waals surface area contributed by atoms with E-state index in [2.05, 4.69) is 58.4 Å². The molecule has 0 saturated heterocycles. The molecule has 2 heterocycles. The van der Waals surface area contributed by atoms with E-state index in [9.17, 15) is 0 Å². The van der Waals surface area contributed by atoms with Gasteiger partial charge in [0.2, 0.25) is 0 Å². The SMILES string of the molecule is Clc1ccccc1CCC1c2[nH]c3ccccc3c2CCN1Cc1ccccc1Cl. The Balaban J connectivity index is 1.50. The van der Waals surface area contributed by atoms with Crippen molar-refractivity contribution in [1.82, 2.24) is 9.88 Å². The van der Waals surface area contributed by atoms with E-state index in [1.165, 1.54) is 33.3 Å². The number of nitrogens with one attached hydrogen (secondary N) is 1. The number of rotatable bonds is 5. The molecule has 4 heteroatoms. The average Bonchev–Trinajstić information content (AvgIpc) is 3.14. The third-order valence-electron chi connectivity index (χ3n) is 6.25. The summed E-state index contributed by atoms with van der Waals surface area (Å²) in [5, 5.41) is 3.04. The molecule has 0 bridgehead atoms. The van der Waals surface area contributed by atoms with Gasteiger partial charge in [0.1, 0.15) is 0 Å². The van der Waals surface area contributed by atoms with Crippen molar-refractivity contribution in [1.29, 1.82) is 0 Å².